The van der Waals surface area contributed by atoms with Gasteiger partial charge in [-0.25, -0.2) is 0 Å². The molecule has 1 rings (SSSR count). The summed E-state index contributed by atoms with van der Waals surface area (Å²) in [6, 6.07) is 5.60. The van der Waals surface area contributed by atoms with Gasteiger partial charge in [-0.3, -0.25) is 4.79 Å². The van der Waals surface area contributed by atoms with Gasteiger partial charge in [0.2, 0.25) is 5.91 Å². The minimum absolute atomic E-state index is 0.0617. The standard InChI is InChI=1S/C12H16BrClN2O/c1-3-8(2)15-7-12(17)16-11-5-4-9(14)6-10(11)13/h4-6,8,15H,3,7H2,1-2H3,(H,16,17). The summed E-state index contributed by atoms with van der Waals surface area (Å²) in [6.45, 7) is 4.43. The summed E-state index contributed by atoms with van der Waals surface area (Å²) in [5, 5.41) is 6.57. The predicted molar refractivity (Wildman–Crippen MR) is 75.5 cm³/mol. The van der Waals surface area contributed by atoms with Crippen LogP contribution >= 0.6 is 27.5 Å². The van der Waals surface area contributed by atoms with Crippen LogP contribution in [-0.2, 0) is 4.79 Å². The number of nitrogens with one attached hydrogen (secondary N) is 2. The molecule has 1 aromatic rings. The van der Waals surface area contributed by atoms with Crippen LogP contribution in [0.5, 0.6) is 0 Å². The molecule has 0 bridgehead atoms. The normalized spacial score (nSPS) is 12.2. The Morgan fingerprint density at radius 1 is 1.53 bits per heavy atom. The first-order chi connectivity index (χ1) is 8.02. The van der Waals surface area contributed by atoms with Crippen LogP contribution < -0.4 is 10.6 Å². The molecule has 0 aliphatic carbocycles. The van der Waals surface area contributed by atoms with E-state index in [2.05, 4.69) is 33.5 Å². The number of carbonyl (C=O) groups excluding carboxylic acids is 1. The van der Waals surface area contributed by atoms with Gasteiger partial charge in [0.25, 0.3) is 0 Å². The van der Waals surface area contributed by atoms with Gasteiger partial charge in [-0.1, -0.05) is 18.5 Å². The molecule has 0 aromatic heterocycles. The number of hydrogen-bond acceptors (Lipinski definition) is 2. The first-order valence-electron chi connectivity index (χ1n) is 5.51. The van der Waals surface area contributed by atoms with E-state index in [0.29, 0.717) is 17.6 Å². The van der Waals surface area contributed by atoms with Crippen LogP contribution in [0.15, 0.2) is 22.7 Å². The lowest BCUT2D eigenvalue weighted by molar-refractivity contribution is -0.115. The highest BCUT2D eigenvalue weighted by Crippen LogP contribution is 2.25. The zero-order valence-corrected chi connectivity index (χ0v) is 12.2. The Bertz CT molecular complexity index is 398. The second-order valence-corrected chi connectivity index (χ2v) is 5.15. The molecule has 0 aliphatic rings. The van der Waals surface area contributed by atoms with E-state index in [0.717, 1.165) is 16.6 Å². The van der Waals surface area contributed by atoms with E-state index in [1.807, 2.05) is 6.92 Å². The Kier molecular flexibility index (Phi) is 5.95. The Morgan fingerprint density at radius 2 is 2.24 bits per heavy atom. The van der Waals surface area contributed by atoms with Crippen molar-refractivity contribution < 1.29 is 4.79 Å². The molecule has 3 nitrogen and oxygen atoms in total. The average Bonchev–Trinajstić information content (AvgIpc) is 2.29. The molecule has 1 atom stereocenters. The van der Waals surface area contributed by atoms with Gasteiger partial charge in [0.15, 0.2) is 0 Å². The van der Waals surface area contributed by atoms with Crippen LogP contribution in [0.25, 0.3) is 0 Å². The van der Waals surface area contributed by atoms with Crippen LogP contribution in [0.4, 0.5) is 5.69 Å². The third-order valence-electron chi connectivity index (χ3n) is 2.43. The molecule has 0 spiro atoms. The summed E-state index contributed by atoms with van der Waals surface area (Å²) < 4.78 is 0.780. The number of anilines is 1. The van der Waals surface area contributed by atoms with Crippen molar-refractivity contribution in [1.82, 2.24) is 5.32 Å². The van der Waals surface area contributed by atoms with Crippen molar-refractivity contribution in [3.8, 4) is 0 Å². The topological polar surface area (TPSA) is 41.1 Å². The molecule has 17 heavy (non-hydrogen) atoms. The van der Waals surface area contributed by atoms with Gasteiger partial charge >= 0.3 is 0 Å². The van der Waals surface area contributed by atoms with Crippen molar-refractivity contribution in [2.24, 2.45) is 0 Å². The molecule has 0 saturated heterocycles. The average molecular weight is 320 g/mol. The zero-order chi connectivity index (χ0) is 12.8. The maximum Gasteiger partial charge on any atom is 0.238 e. The van der Waals surface area contributed by atoms with Crippen molar-refractivity contribution in [3.05, 3.63) is 27.7 Å². The highest BCUT2D eigenvalue weighted by atomic mass is 79.9. The van der Waals surface area contributed by atoms with Gasteiger partial charge in [-0.2, -0.15) is 0 Å². The van der Waals surface area contributed by atoms with Crippen molar-refractivity contribution in [2.45, 2.75) is 26.3 Å². The quantitative estimate of drug-likeness (QED) is 0.873. The highest BCUT2D eigenvalue weighted by molar-refractivity contribution is 9.10. The lowest BCUT2D eigenvalue weighted by Crippen LogP contribution is -2.34. The van der Waals surface area contributed by atoms with E-state index in [-0.39, 0.29) is 5.91 Å². The van der Waals surface area contributed by atoms with Crippen LogP contribution in [0.2, 0.25) is 5.02 Å². The largest absolute Gasteiger partial charge is 0.324 e. The fourth-order valence-corrected chi connectivity index (χ4v) is 1.98. The fraction of sp³-hybridized carbons (Fsp3) is 0.417. The van der Waals surface area contributed by atoms with Gasteiger partial charge in [-0.15, -0.1) is 0 Å². The molecule has 5 heteroatoms. The maximum atomic E-state index is 11.6. The molecule has 0 aliphatic heterocycles. The first-order valence-corrected chi connectivity index (χ1v) is 6.68. The zero-order valence-electron chi connectivity index (χ0n) is 9.89. The number of rotatable bonds is 5. The lowest BCUT2D eigenvalue weighted by atomic mass is 10.2. The van der Waals surface area contributed by atoms with Gasteiger partial charge in [0.05, 0.1) is 12.2 Å². The van der Waals surface area contributed by atoms with Crippen LogP contribution in [0.1, 0.15) is 20.3 Å². The predicted octanol–water partition coefficient (Wildman–Crippen LogP) is 3.43. The smallest absolute Gasteiger partial charge is 0.238 e. The lowest BCUT2D eigenvalue weighted by Gasteiger charge is -2.12. The molecule has 0 heterocycles. The monoisotopic (exact) mass is 318 g/mol. The van der Waals surface area contributed by atoms with Gasteiger partial charge in [-0.05, 0) is 47.5 Å². The summed E-state index contributed by atoms with van der Waals surface area (Å²) in [5.41, 5.74) is 0.727. The molecule has 0 radical (unpaired) electrons. The Labute approximate surface area is 115 Å². The fourth-order valence-electron chi connectivity index (χ4n) is 1.20. The minimum Gasteiger partial charge on any atom is -0.324 e. The maximum absolute atomic E-state index is 11.6. The Hall–Kier alpha value is -0.580. The van der Waals surface area contributed by atoms with Crippen molar-refractivity contribution in [3.63, 3.8) is 0 Å². The molecular weight excluding hydrogens is 304 g/mol. The third-order valence-corrected chi connectivity index (χ3v) is 3.32. The number of benzene rings is 1. The summed E-state index contributed by atoms with van der Waals surface area (Å²) in [5.74, 6) is -0.0617. The summed E-state index contributed by atoms with van der Waals surface area (Å²) in [7, 11) is 0. The number of hydrogen-bond donors (Lipinski definition) is 2. The Morgan fingerprint density at radius 3 is 2.82 bits per heavy atom. The van der Waals surface area contributed by atoms with Crippen LogP contribution in [0, 0.1) is 0 Å². The van der Waals surface area contributed by atoms with E-state index in [9.17, 15) is 4.79 Å². The molecular formula is C12H16BrClN2O. The minimum atomic E-state index is -0.0617. The summed E-state index contributed by atoms with van der Waals surface area (Å²) in [6.07, 6.45) is 0.998. The summed E-state index contributed by atoms with van der Waals surface area (Å²) >= 11 is 9.17. The number of amides is 1. The van der Waals surface area contributed by atoms with Gasteiger partial charge < -0.3 is 10.6 Å². The second kappa shape index (κ2) is 6.99. The van der Waals surface area contributed by atoms with Crippen molar-refractivity contribution in [1.29, 1.82) is 0 Å². The van der Waals surface area contributed by atoms with E-state index in [1.54, 1.807) is 18.2 Å². The molecule has 0 saturated carbocycles. The third kappa shape index (κ3) is 5.06. The first kappa shape index (κ1) is 14.5. The van der Waals surface area contributed by atoms with E-state index in [1.165, 1.54) is 0 Å². The molecule has 0 fully saturated rings. The van der Waals surface area contributed by atoms with Crippen LogP contribution in [0.3, 0.4) is 0 Å². The van der Waals surface area contributed by atoms with Crippen LogP contribution in [-0.4, -0.2) is 18.5 Å². The molecule has 2 N–H and O–H groups in total. The van der Waals surface area contributed by atoms with E-state index >= 15 is 0 Å². The van der Waals surface area contributed by atoms with Crippen molar-refractivity contribution in [2.75, 3.05) is 11.9 Å². The number of halogens is 2. The molecule has 1 amide bonds. The second-order valence-electron chi connectivity index (χ2n) is 3.86. The molecule has 1 aromatic carbocycles. The summed E-state index contributed by atoms with van der Waals surface area (Å²) in [4.78, 5) is 11.6. The van der Waals surface area contributed by atoms with E-state index < -0.39 is 0 Å². The van der Waals surface area contributed by atoms with E-state index in [4.69, 9.17) is 11.6 Å². The SMILES string of the molecule is CCC(C)NCC(=O)Nc1ccc(Cl)cc1Br. The molecule has 94 valence electrons. The highest BCUT2D eigenvalue weighted by Gasteiger charge is 2.07. The number of carbonyl (C=O) groups is 1. The van der Waals surface area contributed by atoms with Crippen molar-refractivity contribution >= 4 is 39.1 Å². The Balaban J connectivity index is 2.50. The molecule has 1 unspecified atom stereocenters. The van der Waals surface area contributed by atoms with Gasteiger partial charge in [0.1, 0.15) is 0 Å². The van der Waals surface area contributed by atoms with Gasteiger partial charge in [0, 0.05) is 15.5 Å².